The van der Waals surface area contributed by atoms with Gasteiger partial charge in [-0.25, -0.2) is 9.37 Å². The Morgan fingerprint density at radius 1 is 1.38 bits per heavy atom. The smallest absolute Gasteiger partial charge is 0.255 e. The number of nitrogen functional groups attached to an aromatic ring is 1. The highest BCUT2D eigenvalue weighted by Gasteiger charge is 2.13. The summed E-state index contributed by atoms with van der Waals surface area (Å²) in [6.45, 7) is 3.71. The van der Waals surface area contributed by atoms with Gasteiger partial charge in [0.15, 0.2) is 0 Å². The summed E-state index contributed by atoms with van der Waals surface area (Å²) < 4.78 is 18.9. The topological polar surface area (TPSA) is 77.2 Å². The van der Waals surface area contributed by atoms with Gasteiger partial charge < -0.3 is 15.8 Å². The van der Waals surface area contributed by atoms with Crippen LogP contribution in [-0.2, 0) is 0 Å². The zero-order chi connectivity index (χ0) is 15.4. The van der Waals surface area contributed by atoms with Gasteiger partial charge in [-0.3, -0.25) is 4.79 Å². The van der Waals surface area contributed by atoms with E-state index in [1.807, 2.05) is 13.8 Å². The second-order valence-electron chi connectivity index (χ2n) is 4.71. The molecule has 0 radical (unpaired) electrons. The summed E-state index contributed by atoms with van der Waals surface area (Å²) in [6, 6.07) is 7.22. The van der Waals surface area contributed by atoms with Crippen molar-refractivity contribution in [3.8, 4) is 5.88 Å². The largest absolute Gasteiger partial charge is 0.473 e. The lowest BCUT2D eigenvalue weighted by Crippen LogP contribution is -2.15. The number of carbonyl (C=O) groups is 1. The molecule has 0 saturated carbocycles. The molecule has 1 aromatic heterocycles. The Labute approximate surface area is 121 Å². The Morgan fingerprint density at radius 3 is 2.81 bits per heavy atom. The zero-order valence-corrected chi connectivity index (χ0v) is 11.8. The van der Waals surface area contributed by atoms with E-state index in [2.05, 4.69) is 10.3 Å². The predicted molar refractivity (Wildman–Crippen MR) is 78.8 cm³/mol. The van der Waals surface area contributed by atoms with Crippen molar-refractivity contribution < 1.29 is 13.9 Å². The zero-order valence-electron chi connectivity index (χ0n) is 11.8. The van der Waals surface area contributed by atoms with Crippen molar-refractivity contribution in [2.75, 3.05) is 11.1 Å². The number of hydrogen-bond donors (Lipinski definition) is 2. The van der Waals surface area contributed by atoms with Gasteiger partial charge in [0.25, 0.3) is 5.91 Å². The van der Waals surface area contributed by atoms with Gasteiger partial charge in [0.05, 0.1) is 11.8 Å². The summed E-state index contributed by atoms with van der Waals surface area (Å²) in [5.74, 6) is -0.778. The van der Waals surface area contributed by atoms with Gasteiger partial charge in [-0.2, -0.15) is 0 Å². The molecule has 0 saturated heterocycles. The molecule has 1 aromatic carbocycles. The van der Waals surface area contributed by atoms with Crippen molar-refractivity contribution in [2.45, 2.75) is 20.0 Å². The molecule has 3 N–H and O–H groups in total. The number of halogens is 1. The van der Waals surface area contributed by atoms with Crippen LogP contribution < -0.4 is 15.8 Å². The number of hydrogen-bond acceptors (Lipinski definition) is 4. The summed E-state index contributed by atoms with van der Waals surface area (Å²) in [7, 11) is 0. The molecule has 2 rings (SSSR count). The number of pyridine rings is 1. The van der Waals surface area contributed by atoms with Crippen molar-refractivity contribution >= 4 is 17.3 Å². The first-order chi connectivity index (χ1) is 9.97. The monoisotopic (exact) mass is 289 g/mol. The van der Waals surface area contributed by atoms with Crippen LogP contribution in [0.1, 0.15) is 24.2 Å². The van der Waals surface area contributed by atoms with E-state index in [1.54, 1.807) is 18.3 Å². The maximum Gasteiger partial charge on any atom is 0.255 e. The highest BCUT2D eigenvalue weighted by atomic mass is 19.1. The quantitative estimate of drug-likeness (QED) is 0.848. The summed E-state index contributed by atoms with van der Waals surface area (Å²) in [4.78, 5) is 16.2. The molecule has 0 aliphatic carbocycles. The molecule has 6 heteroatoms. The molecular formula is C15H16FN3O2. The number of nitrogens with zero attached hydrogens (tertiary/aromatic N) is 1. The molecule has 21 heavy (non-hydrogen) atoms. The van der Waals surface area contributed by atoms with Gasteiger partial charge in [-0.05, 0) is 44.2 Å². The maximum atomic E-state index is 13.4. The van der Waals surface area contributed by atoms with Gasteiger partial charge in [-0.15, -0.1) is 0 Å². The van der Waals surface area contributed by atoms with Crippen LogP contribution in [0.2, 0.25) is 0 Å². The number of nitrogens with two attached hydrogens (primary N) is 1. The molecular weight excluding hydrogens is 273 g/mol. The minimum Gasteiger partial charge on any atom is -0.473 e. The van der Waals surface area contributed by atoms with Crippen LogP contribution in [0.25, 0.3) is 0 Å². The van der Waals surface area contributed by atoms with Crippen LogP contribution >= 0.6 is 0 Å². The highest BCUT2D eigenvalue weighted by Crippen LogP contribution is 2.23. The lowest BCUT2D eigenvalue weighted by atomic mass is 10.2. The number of amides is 1. The fraction of sp³-hybridized carbons (Fsp3) is 0.200. The number of rotatable bonds is 4. The lowest BCUT2D eigenvalue weighted by molar-refractivity contribution is 0.102. The van der Waals surface area contributed by atoms with Crippen molar-refractivity contribution in [2.24, 2.45) is 0 Å². The van der Waals surface area contributed by atoms with Crippen LogP contribution in [0.3, 0.4) is 0 Å². The molecule has 1 amide bonds. The third-order valence-electron chi connectivity index (χ3n) is 2.63. The number of nitrogens with one attached hydrogen (secondary N) is 1. The number of anilines is 2. The molecule has 0 unspecified atom stereocenters. The molecule has 0 aliphatic heterocycles. The molecule has 0 spiro atoms. The summed E-state index contributed by atoms with van der Waals surface area (Å²) in [5, 5.41) is 2.64. The second kappa shape index (κ2) is 6.21. The van der Waals surface area contributed by atoms with Gasteiger partial charge in [-0.1, -0.05) is 0 Å². The van der Waals surface area contributed by atoms with Crippen molar-refractivity contribution in [3.05, 3.63) is 47.9 Å². The van der Waals surface area contributed by atoms with Crippen molar-refractivity contribution in [1.29, 1.82) is 0 Å². The van der Waals surface area contributed by atoms with Gasteiger partial charge in [0.1, 0.15) is 11.5 Å². The van der Waals surface area contributed by atoms with E-state index in [4.69, 9.17) is 10.5 Å². The summed E-state index contributed by atoms with van der Waals surface area (Å²) in [5.41, 5.74) is 5.97. The average Bonchev–Trinajstić information content (AvgIpc) is 2.43. The maximum absolute atomic E-state index is 13.4. The van der Waals surface area contributed by atoms with Gasteiger partial charge >= 0.3 is 0 Å². The third-order valence-corrected chi connectivity index (χ3v) is 2.63. The minimum atomic E-state index is -0.632. The van der Waals surface area contributed by atoms with E-state index in [0.717, 1.165) is 6.07 Å². The van der Waals surface area contributed by atoms with Gasteiger partial charge in [0, 0.05) is 11.8 Å². The van der Waals surface area contributed by atoms with E-state index >= 15 is 0 Å². The minimum absolute atomic E-state index is 0.00300. The average molecular weight is 289 g/mol. The Balaban J connectivity index is 2.21. The first-order valence-corrected chi connectivity index (χ1v) is 6.45. The molecule has 0 bridgehead atoms. The van der Waals surface area contributed by atoms with E-state index in [1.165, 1.54) is 12.1 Å². The normalized spacial score (nSPS) is 10.5. The van der Waals surface area contributed by atoms with Crippen molar-refractivity contribution in [3.63, 3.8) is 0 Å². The number of aromatic nitrogens is 1. The number of ether oxygens (including phenoxy) is 1. The SMILES string of the molecule is CC(C)Oc1ncccc1NC(=O)c1ccc(N)c(F)c1. The Kier molecular flexibility index (Phi) is 4.37. The fourth-order valence-corrected chi connectivity index (χ4v) is 1.67. The molecule has 110 valence electrons. The fourth-order valence-electron chi connectivity index (χ4n) is 1.67. The predicted octanol–water partition coefficient (Wildman–Crippen LogP) is 2.84. The summed E-state index contributed by atoms with van der Waals surface area (Å²) in [6.07, 6.45) is 1.49. The summed E-state index contributed by atoms with van der Waals surface area (Å²) >= 11 is 0. The molecule has 0 fully saturated rings. The van der Waals surface area contributed by atoms with Crippen molar-refractivity contribution in [1.82, 2.24) is 4.98 Å². The van der Waals surface area contributed by atoms with E-state index in [9.17, 15) is 9.18 Å². The first-order valence-electron chi connectivity index (χ1n) is 6.45. The molecule has 2 aromatic rings. The molecule has 1 heterocycles. The van der Waals surface area contributed by atoms with E-state index in [-0.39, 0.29) is 17.4 Å². The number of benzene rings is 1. The Hall–Kier alpha value is -2.63. The van der Waals surface area contributed by atoms with Gasteiger partial charge in [0.2, 0.25) is 5.88 Å². The first kappa shape index (κ1) is 14.8. The van der Waals surface area contributed by atoms with Crippen LogP contribution in [-0.4, -0.2) is 17.0 Å². The standard InChI is InChI=1S/C15H16FN3O2/c1-9(2)21-15-13(4-3-7-18-15)19-14(20)10-5-6-12(17)11(16)8-10/h3-9H,17H2,1-2H3,(H,19,20). The van der Waals surface area contributed by atoms with E-state index < -0.39 is 11.7 Å². The Bertz CT molecular complexity index is 659. The number of carbonyl (C=O) groups excluding carboxylic acids is 1. The second-order valence-corrected chi connectivity index (χ2v) is 4.71. The van der Waals surface area contributed by atoms with Crippen LogP contribution in [0.15, 0.2) is 36.5 Å². The van der Waals surface area contributed by atoms with E-state index in [0.29, 0.717) is 11.6 Å². The van der Waals surface area contributed by atoms with Crippen LogP contribution in [0.5, 0.6) is 5.88 Å². The Morgan fingerprint density at radius 2 is 2.14 bits per heavy atom. The molecule has 5 nitrogen and oxygen atoms in total. The van der Waals surface area contributed by atoms with Crippen LogP contribution in [0, 0.1) is 5.82 Å². The third kappa shape index (κ3) is 3.68. The molecule has 0 atom stereocenters. The molecule has 0 aliphatic rings. The lowest BCUT2D eigenvalue weighted by Gasteiger charge is -2.13. The van der Waals surface area contributed by atoms with Crippen LogP contribution in [0.4, 0.5) is 15.8 Å². The highest BCUT2D eigenvalue weighted by molar-refractivity contribution is 6.05.